The number of methoxy groups -OCH3 is 1. The van der Waals surface area contributed by atoms with Crippen molar-refractivity contribution in [1.82, 2.24) is 5.01 Å². The van der Waals surface area contributed by atoms with Gasteiger partial charge in [0.05, 0.1) is 0 Å². The number of benzene rings is 1. The lowest BCUT2D eigenvalue weighted by atomic mass is 9.85. The molecule has 1 aliphatic carbocycles. The molecule has 8 heteroatoms. The second-order valence-corrected chi connectivity index (χ2v) is 9.01. The smallest absolute Gasteiger partial charge is 0.270 e. The molecule has 0 radical (unpaired) electrons. The summed E-state index contributed by atoms with van der Waals surface area (Å²) in [4.78, 5) is 12.3. The Hall–Kier alpha value is -2.29. The Morgan fingerprint density at radius 1 is 1.38 bits per heavy atom. The van der Waals surface area contributed by atoms with E-state index in [0.29, 0.717) is 19.4 Å². The van der Waals surface area contributed by atoms with Crippen molar-refractivity contribution in [2.75, 3.05) is 20.3 Å². The number of ether oxygens (including phenoxy) is 1. The average molecular weight is 462 g/mol. The van der Waals surface area contributed by atoms with Gasteiger partial charge in [-0.1, -0.05) is 49.0 Å². The first-order valence-corrected chi connectivity index (χ1v) is 11.5. The van der Waals surface area contributed by atoms with Crippen LogP contribution in [-0.2, 0) is 14.4 Å². The molecule has 0 saturated carbocycles. The van der Waals surface area contributed by atoms with Crippen LogP contribution >= 0.6 is 11.8 Å². The number of carbonyl (C=O) groups excluding carboxylic acids is 1. The van der Waals surface area contributed by atoms with E-state index < -0.39 is 16.5 Å². The third-order valence-corrected chi connectivity index (χ3v) is 7.25. The van der Waals surface area contributed by atoms with Gasteiger partial charge in [0, 0.05) is 19.1 Å². The van der Waals surface area contributed by atoms with Crippen LogP contribution < -0.4 is 5.73 Å². The largest absolute Gasteiger partial charge is 0.375 e. The first-order valence-electron chi connectivity index (χ1n) is 10.7. The fourth-order valence-electron chi connectivity index (χ4n) is 4.22. The molecule has 2 aliphatic rings. The predicted octanol–water partition coefficient (Wildman–Crippen LogP) is 5.10. The molecule has 1 heterocycles. The molecule has 0 aromatic heterocycles. The van der Waals surface area contributed by atoms with Crippen molar-refractivity contribution in [2.45, 2.75) is 38.0 Å². The number of thioether (sulfide) groups is 1. The van der Waals surface area contributed by atoms with Gasteiger partial charge in [0.15, 0.2) is 0 Å². The van der Waals surface area contributed by atoms with Crippen molar-refractivity contribution in [3.63, 3.8) is 0 Å². The summed E-state index contributed by atoms with van der Waals surface area (Å²) < 4.78 is 34.3. The second kappa shape index (κ2) is 10.6. The van der Waals surface area contributed by atoms with Gasteiger partial charge < -0.3 is 10.5 Å². The number of hydrogen-bond acceptors (Lipinski definition) is 5. The molecule has 0 bridgehead atoms. The molecular formula is C24H29F2N3O2S. The van der Waals surface area contributed by atoms with Crippen molar-refractivity contribution < 1.29 is 18.3 Å². The van der Waals surface area contributed by atoms with E-state index >= 15 is 0 Å². The maximum Gasteiger partial charge on any atom is 0.270 e. The Morgan fingerprint density at radius 2 is 2.12 bits per heavy atom. The summed E-state index contributed by atoms with van der Waals surface area (Å²) in [5.41, 5.74) is 7.85. The minimum Gasteiger partial charge on any atom is -0.375 e. The monoisotopic (exact) mass is 461 g/mol. The Morgan fingerprint density at radius 3 is 2.78 bits per heavy atom. The van der Waals surface area contributed by atoms with Crippen LogP contribution in [0.15, 0.2) is 64.8 Å². The summed E-state index contributed by atoms with van der Waals surface area (Å²) in [5.74, 6) is -1.50. The molecule has 1 unspecified atom stereocenters. The Labute approximate surface area is 192 Å². The lowest BCUT2D eigenvalue weighted by Crippen LogP contribution is -2.48. The fraction of sp³-hybridized carbons (Fsp3) is 0.417. The maximum atomic E-state index is 14.9. The summed E-state index contributed by atoms with van der Waals surface area (Å²) in [5, 5.41) is 6.24. The Bertz CT molecular complexity index is 989. The fourth-order valence-corrected chi connectivity index (χ4v) is 5.92. The molecule has 32 heavy (non-hydrogen) atoms. The molecule has 0 spiro atoms. The molecule has 2 N–H and O–H groups in total. The van der Waals surface area contributed by atoms with Gasteiger partial charge >= 0.3 is 0 Å². The van der Waals surface area contributed by atoms with Crippen LogP contribution in [0, 0.1) is 12.8 Å². The summed E-state index contributed by atoms with van der Waals surface area (Å²) in [6, 6.07) is 7.76. The molecule has 1 aromatic rings. The second-order valence-electron chi connectivity index (χ2n) is 7.80. The van der Waals surface area contributed by atoms with Crippen LogP contribution in [0.1, 0.15) is 37.3 Å². The van der Waals surface area contributed by atoms with Crippen molar-refractivity contribution in [2.24, 2.45) is 16.8 Å². The molecule has 1 aliphatic heterocycles. The van der Waals surface area contributed by atoms with E-state index in [1.54, 1.807) is 0 Å². The summed E-state index contributed by atoms with van der Waals surface area (Å²) >= 11 is 1.28. The highest BCUT2D eigenvalue weighted by molar-refractivity contribution is 8.15. The van der Waals surface area contributed by atoms with Crippen molar-refractivity contribution in [1.29, 1.82) is 0 Å². The Kier molecular flexibility index (Phi) is 8.03. The van der Waals surface area contributed by atoms with Crippen LogP contribution in [-0.4, -0.2) is 36.2 Å². The highest BCUT2D eigenvalue weighted by atomic mass is 32.2. The molecule has 3 rings (SSSR count). The third kappa shape index (κ3) is 4.58. The van der Waals surface area contributed by atoms with Gasteiger partial charge in [-0.15, -0.1) is 0 Å². The first kappa shape index (κ1) is 24.4. The molecular weight excluding hydrogens is 432 g/mol. The average Bonchev–Trinajstić information content (AvgIpc) is 3.08. The van der Waals surface area contributed by atoms with Crippen molar-refractivity contribution >= 4 is 22.7 Å². The van der Waals surface area contributed by atoms with Crippen LogP contribution in [0.4, 0.5) is 8.78 Å². The SMILES string of the molecule is CC[C@H](CCN)C1(c2ccccc2C)SC(C2=C(F)C=CCC(F)=C2)=NN1C(=O)COC. The number of hydrazone groups is 1. The molecule has 2 atom stereocenters. The topological polar surface area (TPSA) is 67.9 Å². The Balaban J connectivity index is 2.25. The van der Waals surface area contributed by atoms with Gasteiger partial charge in [0.2, 0.25) is 0 Å². The third-order valence-electron chi connectivity index (χ3n) is 5.72. The van der Waals surface area contributed by atoms with E-state index in [4.69, 9.17) is 10.5 Å². The lowest BCUT2D eigenvalue weighted by Gasteiger charge is -2.42. The minimum atomic E-state index is -0.960. The number of nitrogens with zero attached hydrogens (tertiary/aromatic N) is 2. The number of allylic oxidation sites excluding steroid dienone is 5. The quantitative estimate of drug-likeness (QED) is 0.585. The zero-order valence-electron chi connectivity index (χ0n) is 18.6. The molecule has 5 nitrogen and oxygen atoms in total. The van der Waals surface area contributed by atoms with Crippen molar-refractivity contribution in [3.05, 3.63) is 70.8 Å². The van der Waals surface area contributed by atoms with E-state index in [1.807, 2.05) is 38.1 Å². The van der Waals surface area contributed by atoms with Gasteiger partial charge in [-0.25, -0.2) is 13.8 Å². The number of nitrogens with two attached hydrogens (primary N) is 1. The molecule has 0 saturated heterocycles. The van der Waals surface area contributed by atoms with Gasteiger partial charge in [-0.2, -0.15) is 5.10 Å². The normalized spacial score (nSPS) is 22.0. The van der Waals surface area contributed by atoms with Crippen molar-refractivity contribution in [3.8, 4) is 0 Å². The summed E-state index contributed by atoms with van der Waals surface area (Å²) in [7, 11) is 1.44. The number of carbonyl (C=O) groups is 1. The van der Waals surface area contributed by atoms with E-state index in [-0.39, 0.29) is 35.5 Å². The van der Waals surface area contributed by atoms with E-state index in [1.165, 1.54) is 36.0 Å². The van der Waals surface area contributed by atoms with Crippen LogP contribution in [0.25, 0.3) is 0 Å². The zero-order chi connectivity index (χ0) is 23.3. The molecule has 0 fully saturated rings. The zero-order valence-corrected chi connectivity index (χ0v) is 19.4. The highest BCUT2D eigenvalue weighted by Crippen LogP contribution is 2.55. The summed E-state index contributed by atoms with van der Waals surface area (Å²) in [6.07, 6.45) is 5.19. The number of hydrogen-bond donors (Lipinski definition) is 1. The highest BCUT2D eigenvalue weighted by Gasteiger charge is 2.53. The van der Waals surface area contributed by atoms with Gasteiger partial charge in [0.1, 0.15) is 28.2 Å². The van der Waals surface area contributed by atoms with Gasteiger partial charge in [0.25, 0.3) is 5.91 Å². The van der Waals surface area contributed by atoms with E-state index in [9.17, 15) is 13.6 Å². The number of halogens is 2. The number of rotatable bonds is 8. The standard InChI is InChI=1S/C24H29F2N3O2S/c1-4-17(12-13-27)24(20-10-6-5-8-16(20)2)29(22(30)15-31-3)28-23(32-24)19-14-18(25)9-7-11-21(19)26/h5-8,10-11,14,17H,4,9,12-13,15,27H2,1-3H3/t17-,24?/m1/s1. The van der Waals surface area contributed by atoms with Crippen LogP contribution in [0.2, 0.25) is 0 Å². The van der Waals surface area contributed by atoms with Crippen LogP contribution in [0.5, 0.6) is 0 Å². The molecule has 1 amide bonds. The predicted molar refractivity (Wildman–Crippen MR) is 125 cm³/mol. The maximum absolute atomic E-state index is 14.9. The van der Waals surface area contributed by atoms with E-state index in [0.717, 1.165) is 17.2 Å². The van der Waals surface area contributed by atoms with Gasteiger partial charge in [-0.3, -0.25) is 4.79 Å². The summed E-state index contributed by atoms with van der Waals surface area (Å²) in [6.45, 7) is 4.24. The number of aryl methyl sites for hydroxylation is 1. The van der Waals surface area contributed by atoms with Gasteiger partial charge in [-0.05, 0) is 55.5 Å². The number of amides is 1. The molecule has 172 valence electrons. The molecule has 1 aromatic carbocycles. The first-order chi connectivity index (χ1) is 15.4. The minimum absolute atomic E-state index is 0.00881. The van der Waals surface area contributed by atoms with E-state index in [2.05, 4.69) is 5.10 Å². The van der Waals surface area contributed by atoms with Crippen LogP contribution in [0.3, 0.4) is 0 Å². The lowest BCUT2D eigenvalue weighted by molar-refractivity contribution is -0.140.